The van der Waals surface area contributed by atoms with Gasteiger partial charge in [-0.3, -0.25) is 4.79 Å². The lowest BCUT2D eigenvalue weighted by Gasteiger charge is -2.42. The summed E-state index contributed by atoms with van der Waals surface area (Å²) in [5, 5.41) is 8.95. The predicted molar refractivity (Wildman–Crippen MR) is 109 cm³/mol. The van der Waals surface area contributed by atoms with Crippen LogP contribution in [0.1, 0.15) is 36.8 Å². The topological polar surface area (TPSA) is 82.4 Å². The first-order chi connectivity index (χ1) is 14.9. The van der Waals surface area contributed by atoms with E-state index in [1.165, 1.54) is 25.4 Å². The van der Waals surface area contributed by atoms with Crippen LogP contribution in [0.15, 0.2) is 36.7 Å². The highest BCUT2D eigenvalue weighted by atomic mass is 19.3. The van der Waals surface area contributed by atoms with Gasteiger partial charge in [0.05, 0.1) is 12.7 Å². The number of fused-ring (bicyclic) bond motifs is 2. The molecule has 2 aliphatic rings. The van der Waals surface area contributed by atoms with Crippen LogP contribution in [0.5, 0.6) is 5.88 Å². The Morgan fingerprint density at radius 2 is 2.00 bits per heavy atom. The molecule has 7 nitrogen and oxygen atoms in total. The standard InChI is InChI=1S/C22H23F2N5O2/c1-31-20-10-16(7-9-26-20)22(23,24)8-6-21(30)28-13-17-3-4-18(14-28)29(17)19-5-2-15(11-25)12-27-19/h2,5,7,9-10,12,17-18H,3-4,6,8,13-14H2,1H3/t17-,18?/m0/s1. The van der Waals surface area contributed by atoms with Gasteiger partial charge in [0, 0.05) is 62.0 Å². The van der Waals surface area contributed by atoms with Crippen LogP contribution < -0.4 is 9.64 Å². The maximum absolute atomic E-state index is 14.6. The number of aromatic nitrogens is 2. The smallest absolute Gasteiger partial charge is 0.274 e. The zero-order chi connectivity index (χ0) is 22.0. The van der Waals surface area contributed by atoms with Crippen LogP contribution in [-0.2, 0) is 10.7 Å². The summed E-state index contributed by atoms with van der Waals surface area (Å²) in [7, 11) is 1.37. The lowest BCUT2D eigenvalue weighted by Crippen LogP contribution is -2.55. The van der Waals surface area contributed by atoms with Gasteiger partial charge in [0.1, 0.15) is 11.9 Å². The van der Waals surface area contributed by atoms with Crippen LogP contribution in [0.3, 0.4) is 0 Å². The Bertz CT molecular complexity index is 978. The first kappa shape index (κ1) is 21.0. The number of rotatable bonds is 6. The number of ether oxygens (including phenoxy) is 1. The van der Waals surface area contributed by atoms with E-state index in [2.05, 4.69) is 20.9 Å². The summed E-state index contributed by atoms with van der Waals surface area (Å²) >= 11 is 0. The van der Waals surface area contributed by atoms with Crippen molar-refractivity contribution in [1.82, 2.24) is 14.9 Å². The van der Waals surface area contributed by atoms with E-state index in [1.54, 1.807) is 17.2 Å². The van der Waals surface area contributed by atoms with E-state index in [1.807, 2.05) is 6.07 Å². The van der Waals surface area contributed by atoms with Gasteiger partial charge in [0.15, 0.2) is 0 Å². The third kappa shape index (κ3) is 4.29. The maximum Gasteiger partial charge on any atom is 0.274 e. The highest BCUT2D eigenvalue weighted by molar-refractivity contribution is 5.77. The van der Waals surface area contributed by atoms with E-state index in [-0.39, 0.29) is 35.9 Å². The molecule has 31 heavy (non-hydrogen) atoms. The second kappa shape index (κ2) is 8.46. The van der Waals surface area contributed by atoms with E-state index in [4.69, 9.17) is 10.00 Å². The summed E-state index contributed by atoms with van der Waals surface area (Å²) in [6.45, 7) is 0.983. The van der Waals surface area contributed by atoms with Gasteiger partial charge in [-0.25, -0.2) is 18.7 Å². The van der Waals surface area contributed by atoms with Crippen molar-refractivity contribution in [2.45, 2.75) is 43.7 Å². The van der Waals surface area contributed by atoms with Crippen molar-refractivity contribution < 1.29 is 18.3 Å². The molecule has 0 saturated carbocycles. The van der Waals surface area contributed by atoms with Crippen molar-refractivity contribution in [2.75, 3.05) is 25.1 Å². The van der Waals surface area contributed by atoms with Gasteiger partial charge in [-0.1, -0.05) is 0 Å². The summed E-state index contributed by atoms with van der Waals surface area (Å²) < 4.78 is 34.2. The normalized spacial score (nSPS) is 20.5. The molecule has 2 saturated heterocycles. The van der Waals surface area contributed by atoms with Crippen molar-refractivity contribution in [1.29, 1.82) is 5.26 Å². The van der Waals surface area contributed by atoms with Crippen LogP contribution in [0.4, 0.5) is 14.6 Å². The second-order valence-corrected chi connectivity index (χ2v) is 7.90. The minimum Gasteiger partial charge on any atom is -0.481 e. The molecule has 4 heterocycles. The number of methoxy groups -OCH3 is 1. The van der Waals surface area contributed by atoms with Gasteiger partial charge in [0.25, 0.3) is 5.92 Å². The monoisotopic (exact) mass is 427 g/mol. The molecule has 0 aliphatic carbocycles. The van der Waals surface area contributed by atoms with Crippen LogP contribution >= 0.6 is 0 Å². The molecule has 2 aromatic rings. The number of pyridine rings is 2. The van der Waals surface area contributed by atoms with Crippen LogP contribution in [-0.4, -0.2) is 53.1 Å². The molecular weight excluding hydrogens is 404 g/mol. The molecule has 1 amide bonds. The van der Waals surface area contributed by atoms with Crippen molar-refractivity contribution >= 4 is 11.7 Å². The number of piperazine rings is 1. The lowest BCUT2D eigenvalue weighted by molar-refractivity contribution is -0.134. The zero-order valence-electron chi connectivity index (χ0n) is 17.2. The van der Waals surface area contributed by atoms with Gasteiger partial charge in [-0.05, 0) is 31.0 Å². The number of nitrogens with zero attached hydrogens (tertiary/aromatic N) is 5. The minimum absolute atomic E-state index is 0.105. The van der Waals surface area contributed by atoms with Gasteiger partial charge in [0.2, 0.25) is 11.8 Å². The summed E-state index contributed by atoms with van der Waals surface area (Å²) in [4.78, 5) is 24.9. The minimum atomic E-state index is -3.14. The number of alkyl halides is 2. The van der Waals surface area contributed by atoms with Crippen molar-refractivity contribution in [3.63, 3.8) is 0 Å². The molecule has 1 unspecified atom stereocenters. The molecule has 2 bridgehead atoms. The quantitative estimate of drug-likeness (QED) is 0.705. The highest BCUT2D eigenvalue weighted by Crippen LogP contribution is 2.36. The third-order valence-electron chi connectivity index (χ3n) is 6.00. The average Bonchev–Trinajstić information content (AvgIpc) is 3.06. The third-order valence-corrected chi connectivity index (χ3v) is 6.00. The van der Waals surface area contributed by atoms with Crippen LogP contribution in [0.25, 0.3) is 0 Å². The fourth-order valence-corrected chi connectivity index (χ4v) is 4.40. The first-order valence-electron chi connectivity index (χ1n) is 10.2. The van der Waals surface area contributed by atoms with Crippen molar-refractivity contribution in [2.24, 2.45) is 0 Å². The summed E-state index contributed by atoms with van der Waals surface area (Å²) in [6.07, 6.45) is 3.87. The number of carbonyl (C=O) groups is 1. The molecule has 9 heteroatoms. The number of halogens is 2. The summed E-state index contributed by atoms with van der Waals surface area (Å²) in [6, 6.07) is 8.27. The Hall–Kier alpha value is -3.28. The second-order valence-electron chi connectivity index (χ2n) is 7.90. The fourth-order valence-electron chi connectivity index (χ4n) is 4.40. The van der Waals surface area contributed by atoms with Crippen molar-refractivity contribution in [3.8, 4) is 11.9 Å². The first-order valence-corrected chi connectivity index (χ1v) is 10.2. The number of anilines is 1. The Kier molecular flexibility index (Phi) is 5.72. The SMILES string of the molecule is COc1cc(C(F)(F)CCC(=O)N2CC3CC[C@@H](C2)N3c2ccc(C#N)cn2)ccn1. The van der Waals surface area contributed by atoms with Gasteiger partial charge in [-0.2, -0.15) is 5.26 Å². The molecule has 2 aromatic heterocycles. The molecule has 2 aliphatic heterocycles. The number of carbonyl (C=O) groups excluding carboxylic acids is 1. The summed E-state index contributed by atoms with van der Waals surface area (Å²) in [5.41, 5.74) is 0.293. The molecule has 4 rings (SSSR count). The van der Waals surface area contributed by atoms with E-state index >= 15 is 0 Å². The van der Waals surface area contributed by atoms with E-state index in [0.717, 1.165) is 18.7 Å². The van der Waals surface area contributed by atoms with E-state index in [9.17, 15) is 13.6 Å². The Labute approximate surface area is 179 Å². The Morgan fingerprint density at radius 1 is 1.26 bits per heavy atom. The average molecular weight is 427 g/mol. The van der Waals surface area contributed by atoms with E-state index in [0.29, 0.717) is 18.7 Å². The number of amides is 1. The molecule has 0 spiro atoms. The molecule has 2 fully saturated rings. The maximum atomic E-state index is 14.6. The van der Waals surface area contributed by atoms with Gasteiger partial charge >= 0.3 is 0 Å². The van der Waals surface area contributed by atoms with Gasteiger partial charge in [-0.15, -0.1) is 0 Å². The fraction of sp³-hybridized carbons (Fsp3) is 0.455. The van der Waals surface area contributed by atoms with Crippen LogP contribution in [0, 0.1) is 11.3 Å². The predicted octanol–water partition coefficient (Wildman–Crippen LogP) is 3.11. The number of hydrogen-bond donors (Lipinski definition) is 0. The molecule has 162 valence electrons. The van der Waals surface area contributed by atoms with Crippen molar-refractivity contribution in [3.05, 3.63) is 47.8 Å². The Balaban J connectivity index is 1.38. The molecule has 0 radical (unpaired) electrons. The highest BCUT2D eigenvalue weighted by Gasteiger charge is 2.42. The number of hydrogen-bond acceptors (Lipinski definition) is 6. The molecule has 2 atom stereocenters. The number of likely N-dealkylation sites (tertiary alicyclic amines) is 1. The largest absolute Gasteiger partial charge is 0.481 e. The molecular formula is C22H23F2N5O2. The van der Waals surface area contributed by atoms with Gasteiger partial charge < -0.3 is 14.5 Å². The van der Waals surface area contributed by atoms with Crippen LogP contribution in [0.2, 0.25) is 0 Å². The molecule has 0 aromatic carbocycles. The zero-order valence-corrected chi connectivity index (χ0v) is 17.2. The lowest BCUT2D eigenvalue weighted by atomic mass is 10.0. The molecule has 0 N–H and O–H groups in total. The van der Waals surface area contributed by atoms with E-state index < -0.39 is 12.3 Å². The number of nitriles is 1. The Morgan fingerprint density at radius 3 is 2.61 bits per heavy atom. The summed E-state index contributed by atoms with van der Waals surface area (Å²) in [5.74, 6) is -2.49.